The van der Waals surface area contributed by atoms with Crippen LogP contribution in [0.4, 0.5) is 0 Å². The Morgan fingerprint density at radius 2 is 2.41 bits per heavy atom. The van der Waals surface area contributed by atoms with Gasteiger partial charge in [-0.2, -0.15) is 0 Å². The molecule has 0 aliphatic carbocycles. The van der Waals surface area contributed by atoms with Gasteiger partial charge in [-0.3, -0.25) is 4.79 Å². The summed E-state index contributed by atoms with van der Waals surface area (Å²) in [7, 11) is 0. The first-order valence-corrected chi connectivity index (χ1v) is 6.59. The van der Waals surface area contributed by atoms with Crippen molar-refractivity contribution in [3.8, 4) is 10.6 Å². The van der Waals surface area contributed by atoms with Crippen LogP contribution in [-0.4, -0.2) is 16.5 Å². The third-order valence-corrected chi connectivity index (χ3v) is 3.82. The Hall–Kier alpha value is -1.46. The van der Waals surface area contributed by atoms with Gasteiger partial charge in [0.25, 0.3) is 5.56 Å². The van der Waals surface area contributed by atoms with Gasteiger partial charge in [0, 0.05) is 6.07 Å². The van der Waals surface area contributed by atoms with Gasteiger partial charge in [-0.05, 0) is 30.8 Å². The van der Waals surface area contributed by atoms with Gasteiger partial charge in [0.15, 0.2) is 0 Å². The fourth-order valence-corrected chi connectivity index (χ4v) is 2.80. The number of H-pyrrole nitrogens is 1. The third-order valence-electron chi connectivity index (χ3n) is 2.92. The quantitative estimate of drug-likeness (QED) is 0.852. The minimum atomic E-state index is -0.0768. The molecule has 1 fully saturated rings. The second-order valence-corrected chi connectivity index (χ2v) is 5.09. The largest absolute Gasteiger partial charge is 0.309 e. The first-order valence-electron chi connectivity index (χ1n) is 5.71. The van der Waals surface area contributed by atoms with Crippen LogP contribution in [0.15, 0.2) is 28.4 Å². The average molecular weight is 247 g/mol. The Balaban J connectivity index is 2.03. The van der Waals surface area contributed by atoms with E-state index in [0.717, 1.165) is 35.8 Å². The number of nitrogens with one attached hydrogen (secondary N) is 2. The van der Waals surface area contributed by atoms with Crippen molar-refractivity contribution in [2.75, 3.05) is 6.54 Å². The van der Waals surface area contributed by atoms with Crippen LogP contribution in [0.2, 0.25) is 0 Å². The molecule has 0 aromatic carbocycles. The lowest BCUT2D eigenvalue weighted by molar-refractivity contribution is 0.603. The molecule has 1 saturated heterocycles. The summed E-state index contributed by atoms with van der Waals surface area (Å²) in [6.07, 6.45) is 2.18. The standard InChI is InChI=1S/C12H13N3OS/c16-11-7-9(10-4-2-6-17-10)14-12(15-11)8-3-1-5-13-8/h2,4,6-8,13H,1,3,5H2,(H,14,15,16). The lowest BCUT2D eigenvalue weighted by atomic mass is 10.2. The van der Waals surface area contributed by atoms with Gasteiger partial charge in [0.2, 0.25) is 0 Å². The molecule has 2 aromatic heterocycles. The maximum Gasteiger partial charge on any atom is 0.251 e. The van der Waals surface area contributed by atoms with Crippen LogP contribution in [0.3, 0.4) is 0 Å². The molecule has 1 aliphatic heterocycles. The Kier molecular flexibility index (Phi) is 2.78. The smallest absolute Gasteiger partial charge is 0.251 e. The number of hydrogen-bond donors (Lipinski definition) is 2. The molecular formula is C12H13N3OS. The van der Waals surface area contributed by atoms with Crippen LogP contribution in [0.5, 0.6) is 0 Å². The van der Waals surface area contributed by atoms with Crippen molar-refractivity contribution >= 4 is 11.3 Å². The summed E-state index contributed by atoms with van der Waals surface area (Å²) in [6.45, 7) is 0.998. The van der Waals surface area contributed by atoms with E-state index in [1.807, 2.05) is 17.5 Å². The summed E-state index contributed by atoms with van der Waals surface area (Å²) in [6, 6.07) is 5.71. The lowest BCUT2D eigenvalue weighted by Gasteiger charge is -2.09. The minimum absolute atomic E-state index is 0.0768. The first-order chi connectivity index (χ1) is 8.33. The Bertz CT molecular complexity index is 555. The molecule has 17 heavy (non-hydrogen) atoms. The molecule has 2 N–H and O–H groups in total. The molecule has 0 radical (unpaired) electrons. The number of thiophene rings is 1. The number of aromatic amines is 1. The summed E-state index contributed by atoms with van der Waals surface area (Å²) < 4.78 is 0. The zero-order chi connectivity index (χ0) is 11.7. The van der Waals surface area contributed by atoms with Crippen LogP contribution < -0.4 is 10.9 Å². The monoisotopic (exact) mass is 247 g/mol. The highest BCUT2D eigenvalue weighted by atomic mass is 32.1. The molecule has 0 amide bonds. The summed E-state index contributed by atoms with van der Waals surface area (Å²) in [5.41, 5.74) is 0.694. The SMILES string of the molecule is O=c1cc(-c2cccs2)nc(C2CCCN2)[nH]1. The fraction of sp³-hybridized carbons (Fsp3) is 0.333. The van der Waals surface area contributed by atoms with Gasteiger partial charge in [0.1, 0.15) is 5.82 Å². The summed E-state index contributed by atoms with van der Waals surface area (Å²) in [5, 5.41) is 5.34. The predicted molar refractivity (Wildman–Crippen MR) is 68.1 cm³/mol. The molecule has 3 heterocycles. The van der Waals surface area contributed by atoms with Gasteiger partial charge in [-0.25, -0.2) is 4.98 Å². The van der Waals surface area contributed by atoms with Gasteiger partial charge >= 0.3 is 0 Å². The number of rotatable bonds is 2. The predicted octanol–water partition coefficient (Wildman–Crippen LogP) is 1.92. The second-order valence-electron chi connectivity index (χ2n) is 4.14. The van der Waals surface area contributed by atoms with E-state index >= 15 is 0 Å². The zero-order valence-corrected chi connectivity index (χ0v) is 10.1. The van der Waals surface area contributed by atoms with E-state index in [4.69, 9.17) is 0 Å². The normalized spacial score (nSPS) is 19.6. The minimum Gasteiger partial charge on any atom is -0.309 e. The van der Waals surface area contributed by atoms with Crippen molar-refractivity contribution in [2.24, 2.45) is 0 Å². The Morgan fingerprint density at radius 1 is 1.47 bits per heavy atom. The van der Waals surface area contributed by atoms with Gasteiger partial charge in [-0.15, -0.1) is 11.3 Å². The van der Waals surface area contributed by atoms with Crippen LogP contribution in [-0.2, 0) is 0 Å². The van der Waals surface area contributed by atoms with Crippen LogP contribution >= 0.6 is 11.3 Å². The fourth-order valence-electron chi connectivity index (χ4n) is 2.11. The molecule has 0 saturated carbocycles. The van der Waals surface area contributed by atoms with E-state index in [-0.39, 0.29) is 11.6 Å². The molecule has 5 heteroatoms. The van der Waals surface area contributed by atoms with Crippen LogP contribution in [0.25, 0.3) is 10.6 Å². The lowest BCUT2D eigenvalue weighted by Crippen LogP contribution is -2.20. The molecule has 0 spiro atoms. The van der Waals surface area contributed by atoms with Gasteiger partial charge < -0.3 is 10.3 Å². The zero-order valence-electron chi connectivity index (χ0n) is 9.27. The van der Waals surface area contributed by atoms with E-state index in [1.165, 1.54) is 0 Å². The highest BCUT2D eigenvalue weighted by molar-refractivity contribution is 7.13. The van der Waals surface area contributed by atoms with Crippen molar-refractivity contribution in [3.63, 3.8) is 0 Å². The number of nitrogens with zero attached hydrogens (tertiary/aromatic N) is 1. The molecule has 4 nitrogen and oxygen atoms in total. The van der Waals surface area contributed by atoms with E-state index in [9.17, 15) is 4.79 Å². The van der Waals surface area contributed by atoms with Crippen molar-refractivity contribution in [3.05, 3.63) is 39.8 Å². The third kappa shape index (κ3) is 2.16. The molecule has 3 rings (SSSR count). The van der Waals surface area contributed by atoms with Crippen molar-refractivity contribution in [2.45, 2.75) is 18.9 Å². The topological polar surface area (TPSA) is 57.8 Å². The molecular weight excluding hydrogens is 234 g/mol. The highest BCUT2D eigenvalue weighted by Crippen LogP contribution is 2.24. The van der Waals surface area contributed by atoms with E-state index < -0.39 is 0 Å². The summed E-state index contributed by atoms with van der Waals surface area (Å²) in [4.78, 5) is 20.1. The van der Waals surface area contributed by atoms with Crippen LogP contribution in [0, 0.1) is 0 Å². The molecule has 1 atom stereocenters. The van der Waals surface area contributed by atoms with Gasteiger partial charge in [-0.1, -0.05) is 6.07 Å². The van der Waals surface area contributed by atoms with E-state index in [0.29, 0.717) is 0 Å². The molecule has 1 unspecified atom stereocenters. The highest BCUT2D eigenvalue weighted by Gasteiger charge is 2.19. The van der Waals surface area contributed by atoms with Crippen LogP contribution in [0.1, 0.15) is 24.7 Å². The second kappa shape index (κ2) is 4.43. The van der Waals surface area contributed by atoms with Crippen molar-refractivity contribution in [1.82, 2.24) is 15.3 Å². The average Bonchev–Trinajstić information content (AvgIpc) is 3.02. The first kappa shape index (κ1) is 10.7. The number of hydrogen-bond acceptors (Lipinski definition) is 4. The molecule has 0 bridgehead atoms. The van der Waals surface area contributed by atoms with Crippen molar-refractivity contribution in [1.29, 1.82) is 0 Å². The van der Waals surface area contributed by atoms with E-state index in [2.05, 4.69) is 15.3 Å². The molecule has 88 valence electrons. The summed E-state index contributed by atoms with van der Waals surface area (Å²) >= 11 is 1.60. The van der Waals surface area contributed by atoms with Gasteiger partial charge in [0.05, 0.1) is 16.6 Å². The number of aromatic nitrogens is 2. The molecule has 1 aliphatic rings. The Labute approximate surface area is 103 Å². The van der Waals surface area contributed by atoms with Crippen molar-refractivity contribution < 1.29 is 0 Å². The summed E-state index contributed by atoms with van der Waals surface area (Å²) in [5.74, 6) is 0.762. The maximum absolute atomic E-state index is 11.6. The maximum atomic E-state index is 11.6. The van der Waals surface area contributed by atoms with E-state index in [1.54, 1.807) is 17.4 Å². The molecule has 2 aromatic rings. The Morgan fingerprint density at radius 3 is 3.12 bits per heavy atom.